The zero-order valence-corrected chi connectivity index (χ0v) is 18.2. The van der Waals surface area contributed by atoms with E-state index in [2.05, 4.69) is 75.8 Å². The summed E-state index contributed by atoms with van der Waals surface area (Å²) in [6, 6.07) is 23.2. The highest BCUT2D eigenvalue weighted by Crippen LogP contribution is 2.17. The van der Waals surface area contributed by atoms with Gasteiger partial charge in [0.2, 0.25) is 5.91 Å². The first kappa shape index (κ1) is 21.5. The second kappa shape index (κ2) is 10.5. The third-order valence-electron chi connectivity index (χ3n) is 5.77. The molecule has 0 radical (unpaired) electrons. The van der Waals surface area contributed by atoms with E-state index in [1.807, 2.05) is 13.1 Å². The van der Waals surface area contributed by atoms with Crippen LogP contribution in [0.4, 0.5) is 0 Å². The maximum Gasteiger partial charge on any atom is 0.234 e. The highest BCUT2D eigenvalue weighted by atomic mass is 16.5. The number of hydrogen-bond acceptors (Lipinski definition) is 4. The van der Waals surface area contributed by atoms with E-state index in [4.69, 9.17) is 4.74 Å². The Morgan fingerprint density at radius 2 is 1.68 bits per heavy atom. The Bertz CT molecular complexity index is 1010. The van der Waals surface area contributed by atoms with Crippen molar-refractivity contribution in [3.63, 3.8) is 0 Å². The van der Waals surface area contributed by atoms with Gasteiger partial charge in [-0.2, -0.15) is 0 Å². The quantitative estimate of drug-likeness (QED) is 0.610. The Labute approximate surface area is 184 Å². The molecule has 0 saturated carbocycles. The number of benzene rings is 3. The number of carbonyl (C=O) groups is 1. The first-order valence-electron chi connectivity index (χ1n) is 11.0. The fraction of sp³-hybridized carbons (Fsp3) is 0.346. The molecule has 4 rings (SSSR count). The lowest BCUT2D eigenvalue weighted by Crippen LogP contribution is -2.36. The molecular weight excluding hydrogens is 386 g/mol. The van der Waals surface area contributed by atoms with E-state index >= 15 is 0 Å². The molecule has 0 bridgehead atoms. The number of likely N-dealkylation sites (N-methyl/N-ethyl adjacent to an activating group) is 1. The normalized spacial score (nSPS) is 14.8. The van der Waals surface area contributed by atoms with Crippen molar-refractivity contribution in [3.05, 3.63) is 83.4 Å². The number of carbonyl (C=O) groups excluding carboxylic acids is 1. The van der Waals surface area contributed by atoms with E-state index in [0.29, 0.717) is 13.1 Å². The summed E-state index contributed by atoms with van der Waals surface area (Å²) in [6.45, 7) is 6.08. The molecule has 5 heteroatoms. The number of nitrogens with one attached hydrogen (secondary N) is 1. The zero-order chi connectivity index (χ0) is 21.5. The number of ether oxygens (including phenoxy) is 1. The molecule has 0 unspecified atom stereocenters. The molecule has 1 N–H and O–H groups in total. The van der Waals surface area contributed by atoms with Crippen LogP contribution in [0, 0.1) is 0 Å². The summed E-state index contributed by atoms with van der Waals surface area (Å²) in [5, 5.41) is 5.57. The molecule has 1 fully saturated rings. The fourth-order valence-electron chi connectivity index (χ4n) is 4.08. The molecule has 162 valence electrons. The molecule has 5 nitrogen and oxygen atoms in total. The van der Waals surface area contributed by atoms with Crippen molar-refractivity contribution >= 4 is 16.7 Å². The summed E-state index contributed by atoms with van der Waals surface area (Å²) in [5.41, 5.74) is 3.67. The number of rotatable bonds is 8. The van der Waals surface area contributed by atoms with Crippen molar-refractivity contribution in [2.24, 2.45) is 0 Å². The first-order chi connectivity index (χ1) is 15.2. The maximum atomic E-state index is 12.6. The topological polar surface area (TPSA) is 44.8 Å². The van der Waals surface area contributed by atoms with E-state index in [9.17, 15) is 4.79 Å². The molecule has 1 amide bonds. The molecule has 0 atom stereocenters. The van der Waals surface area contributed by atoms with E-state index in [1.165, 1.54) is 27.5 Å². The summed E-state index contributed by atoms with van der Waals surface area (Å²) in [6.07, 6.45) is 0. The van der Waals surface area contributed by atoms with Crippen LogP contribution < -0.4 is 5.32 Å². The average molecular weight is 418 g/mol. The molecule has 0 aliphatic carbocycles. The highest BCUT2D eigenvalue weighted by molar-refractivity contribution is 5.83. The smallest absolute Gasteiger partial charge is 0.234 e. The van der Waals surface area contributed by atoms with Crippen LogP contribution in [0.25, 0.3) is 10.8 Å². The van der Waals surface area contributed by atoms with Gasteiger partial charge in [0.05, 0.1) is 19.8 Å². The number of amides is 1. The van der Waals surface area contributed by atoms with Crippen molar-refractivity contribution in [1.29, 1.82) is 0 Å². The SMILES string of the molecule is CN(CC(=O)NCc1ccccc1CN1CCOCC1)Cc1ccc2ccccc2c1. The van der Waals surface area contributed by atoms with Crippen LogP contribution in [-0.4, -0.2) is 55.6 Å². The van der Waals surface area contributed by atoms with E-state index in [0.717, 1.165) is 39.4 Å². The second-order valence-corrected chi connectivity index (χ2v) is 8.29. The summed E-state index contributed by atoms with van der Waals surface area (Å²) < 4.78 is 5.44. The van der Waals surface area contributed by atoms with Crippen molar-refractivity contribution in [3.8, 4) is 0 Å². The second-order valence-electron chi connectivity index (χ2n) is 8.29. The van der Waals surface area contributed by atoms with Crippen molar-refractivity contribution in [2.75, 3.05) is 39.9 Å². The zero-order valence-electron chi connectivity index (χ0n) is 18.2. The fourth-order valence-corrected chi connectivity index (χ4v) is 4.08. The summed E-state index contributed by atoms with van der Waals surface area (Å²) in [7, 11) is 1.99. The van der Waals surface area contributed by atoms with Crippen LogP contribution in [0.15, 0.2) is 66.7 Å². The highest BCUT2D eigenvalue weighted by Gasteiger charge is 2.13. The Balaban J connectivity index is 1.28. The van der Waals surface area contributed by atoms with Crippen molar-refractivity contribution in [2.45, 2.75) is 19.6 Å². The van der Waals surface area contributed by atoms with E-state index in [1.54, 1.807) is 0 Å². The van der Waals surface area contributed by atoms with Crippen LogP contribution in [0.5, 0.6) is 0 Å². The number of nitrogens with zero attached hydrogens (tertiary/aromatic N) is 2. The molecular formula is C26H31N3O2. The molecule has 0 aromatic heterocycles. The molecule has 1 heterocycles. The average Bonchev–Trinajstić information content (AvgIpc) is 2.79. The molecule has 3 aromatic rings. The Morgan fingerprint density at radius 3 is 2.48 bits per heavy atom. The largest absolute Gasteiger partial charge is 0.379 e. The van der Waals surface area contributed by atoms with Gasteiger partial charge < -0.3 is 10.1 Å². The maximum absolute atomic E-state index is 12.6. The van der Waals surface area contributed by atoms with Gasteiger partial charge in [0.25, 0.3) is 0 Å². The van der Waals surface area contributed by atoms with Crippen LogP contribution in [0.1, 0.15) is 16.7 Å². The standard InChI is InChI=1S/C26H31N3O2/c1-28(18-21-10-11-22-6-2-3-7-23(22)16-21)20-26(30)27-17-24-8-4-5-9-25(24)19-29-12-14-31-15-13-29/h2-11,16H,12-15,17-20H2,1H3,(H,27,30). The van der Waals surface area contributed by atoms with Gasteiger partial charge in [0.1, 0.15) is 0 Å². The third kappa shape index (κ3) is 6.14. The predicted molar refractivity (Wildman–Crippen MR) is 125 cm³/mol. The minimum Gasteiger partial charge on any atom is -0.379 e. The van der Waals surface area contributed by atoms with Gasteiger partial charge in [-0.15, -0.1) is 0 Å². The summed E-state index contributed by atoms with van der Waals surface area (Å²) in [4.78, 5) is 17.0. The predicted octanol–water partition coefficient (Wildman–Crippen LogP) is 3.42. The molecule has 0 spiro atoms. The van der Waals surface area contributed by atoms with Gasteiger partial charge in [-0.1, -0.05) is 60.7 Å². The number of morpholine rings is 1. The van der Waals surface area contributed by atoms with E-state index in [-0.39, 0.29) is 5.91 Å². The van der Waals surface area contributed by atoms with Gasteiger partial charge in [-0.25, -0.2) is 0 Å². The molecule has 1 saturated heterocycles. The van der Waals surface area contributed by atoms with Crippen molar-refractivity contribution < 1.29 is 9.53 Å². The summed E-state index contributed by atoms with van der Waals surface area (Å²) in [5.74, 6) is 0.0458. The Hall–Kier alpha value is -2.73. The van der Waals surface area contributed by atoms with Crippen LogP contribution in [0.2, 0.25) is 0 Å². The van der Waals surface area contributed by atoms with E-state index < -0.39 is 0 Å². The molecule has 1 aliphatic rings. The lowest BCUT2D eigenvalue weighted by molar-refractivity contribution is -0.122. The van der Waals surface area contributed by atoms with Crippen molar-refractivity contribution in [1.82, 2.24) is 15.1 Å². The van der Waals surface area contributed by atoms with Gasteiger partial charge in [0, 0.05) is 32.7 Å². The minimum absolute atomic E-state index is 0.0458. The first-order valence-corrected chi connectivity index (χ1v) is 11.0. The molecule has 31 heavy (non-hydrogen) atoms. The monoisotopic (exact) mass is 417 g/mol. The lowest BCUT2D eigenvalue weighted by atomic mass is 10.1. The lowest BCUT2D eigenvalue weighted by Gasteiger charge is -2.27. The van der Waals surface area contributed by atoms with Crippen LogP contribution >= 0.6 is 0 Å². The van der Waals surface area contributed by atoms with Gasteiger partial charge in [-0.3, -0.25) is 14.6 Å². The number of hydrogen-bond donors (Lipinski definition) is 1. The van der Waals surface area contributed by atoms with Gasteiger partial charge >= 0.3 is 0 Å². The number of fused-ring (bicyclic) bond motifs is 1. The Morgan fingerprint density at radius 1 is 0.968 bits per heavy atom. The molecule has 3 aromatic carbocycles. The molecule has 1 aliphatic heterocycles. The van der Waals surface area contributed by atoms with Crippen LogP contribution in [0.3, 0.4) is 0 Å². The van der Waals surface area contributed by atoms with Gasteiger partial charge in [-0.05, 0) is 40.6 Å². The third-order valence-corrected chi connectivity index (χ3v) is 5.77. The van der Waals surface area contributed by atoms with Crippen LogP contribution in [-0.2, 0) is 29.2 Å². The van der Waals surface area contributed by atoms with Gasteiger partial charge in [0.15, 0.2) is 0 Å². The minimum atomic E-state index is 0.0458. The Kier molecular flexibility index (Phi) is 7.30. The summed E-state index contributed by atoms with van der Waals surface area (Å²) >= 11 is 0.